The highest BCUT2D eigenvalue weighted by Gasteiger charge is 2.34. The molecule has 0 unspecified atom stereocenters. The van der Waals surface area contributed by atoms with Gasteiger partial charge in [-0.3, -0.25) is 13.9 Å². The molecule has 1 N–H and O–H groups in total. The maximum Gasteiger partial charge on any atom is 0.244 e. The second-order valence-corrected chi connectivity index (χ2v) is 13.3. The normalized spacial score (nSPS) is 14.6. The van der Waals surface area contributed by atoms with Crippen molar-refractivity contribution in [3.63, 3.8) is 0 Å². The van der Waals surface area contributed by atoms with Crippen molar-refractivity contribution in [2.75, 3.05) is 17.1 Å². The van der Waals surface area contributed by atoms with E-state index in [0.29, 0.717) is 12.1 Å². The van der Waals surface area contributed by atoms with Gasteiger partial charge in [-0.2, -0.15) is 0 Å². The van der Waals surface area contributed by atoms with Crippen LogP contribution in [0, 0.1) is 6.92 Å². The standard InChI is InChI=1S/C34H43N3O4S/c1-4-27-18-20-31(21-19-27)37(42(3,40)41)25-33(38)36(24-29-15-11-12-26(2)22-29)32(23-28-13-7-5-8-14-28)34(39)35-30-16-9-6-10-17-30/h5,7-8,11-15,18-22,30,32H,4,6,9-10,16-17,23-25H2,1-3H3,(H,35,39)/t32-/m0/s1. The fourth-order valence-electron chi connectivity index (χ4n) is 5.62. The highest BCUT2D eigenvalue weighted by atomic mass is 32.2. The van der Waals surface area contributed by atoms with Crippen molar-refractivity contribution in [1.82, 2.24) is 10.2 Å². The average molecular weight is 590 g/mol. The minimum Gasteiger partial charge on any atom is -0.352 e. The number of aryl methyl sites for hydroxylation is 2. The van der Waals surface area contributed by atoms with Gasteiger partial charge in [-0.1, -0.05) is 98.5 Å². The molecule has 0 spiro atoms. The third-order valence-corrected chi connectivity index (χ3v) is 9.11. The Kier molecular flexibility index (Phi) is 10.8. The van der Waals surface area contributed by atoms with Crippen molar-refractivity contribution in [2.45, 2.75) is 77.4 Å². The Hall–Kier alpha value is -3.65. The van der Waals surface area contributed by atoms with Crippen LogP contribution in [0.15, 0.2) is 78.9 Å². The van der Waals surface area contributed by atoms with Gasteiger partial charge < -0.3 is 10.2 Å². The summed E-state index contributed by atoms with van der Waals surface area (Å²) in [5.74, 6) is -0.633. The number of benzene rings is 3. The first kappa shape index (κ1) is 31.3. The second kappa shape index (κ2) is 14.5. The Morgan fingerprint density at radius 3 is 2.17 bits per heavy atom. The van der Waals surface area contributed by atoms with Gasteiger partial charge in [-0.05, 0) is 55.0 Å². The zero-order valence-electron chi connectivity index (χ0n) is 25.0. The molecule has 42 heavy (non-hydrogen) atoms. The summed E-state index contributed by atoms with van der Waals surface area (Å²) in [5, 5.41) is 3.23. The maximum atomic E-state index is 14.3. The lowest BCUT2D eigenvalue weighted by atomic mass is 9.94. The monoisotopic (exact) mass is 589 g/mol. The summed E-state index contributed by atoms with van der Waals surface area (Å²) in [5.41, 5.74) is 4.34. The number of rotatable bonds is 12. The number of anilines is 1. The molecular weight excluding hydrogens is 546 g/mol. The molecule has 1 atom stereocenters. The minimum atomic E-state index is -3.79. The van der Waals surface area contributed by atoms with Crippen LogP contribution >= 0.6 is 0 Å². The first-order valence-electron chi connectivity index (χ1n) is 14.9. The SMILES string of the molecule is CCc1ccc(N(CC(=O)N(Cc2cccc(C)c2)[C@@H](Cc2ccccc2)C(=O)NC2CCCCC2)S(C)(=O)=O)cc1. The molecule has 0 heterocycles. The fraction of sp³-hybridized carbons (Fsp3) is 0.412. The van der Waals surface area contributed by atoms with Gasteiger partial charge in [0.25, 0.3) is 0 Å². The van der Waals surface area contributed by atoms with E-state index in [0.717, 1.165) is 64.9 Å². The van der Waals surface area contributed by atoms with E-state index in [1.165, 1.54) is 6.42 Å². The third kappa shape index (κ3) is 8.68. The van der Waals surface area contributed by atoms with Crippen molar-refractivity contribution in [3.8, 4) is 0 Å². The molecule has 3 aromatic carbocycles. The van der Waals surface area contributed by atoms with E-state index < -0.39 is 28.5 Å². The van der Waals surface area contributed by atoms with Crippen LogP contribution in [-0.2, 0) is 39.0 Å². The van der Waals surface area contributed by atoms with Gasteiger partial charge in [-0.25, -0.2) is 8.42 Å². The van der Waals surface area contributed by atoms with Crippen molar-refractivity contribution in [1.29, 1.82) is 0 Å². The first-order valence-corrected chi connectivity index (χ1v) is 16.7. The van der Waals surface area contributed by atoms with Gasteiger partial charge in [0.1, 0.15) is 12.6 Å². The molecule has 4 rings (SSSR count). The molecule has 0 radical (unpaired) electrons. The molecule has 0 aromatic heterocycles. The second-order valence-electron chi connectivity index (χ2n) is 11.3. The molecule has 0 bridgehead atoms. The lowest BCUT2D eigenvalue weighted by Gasteiger charge is -2.35. The van der Waals surface area contributed by atoms with Gasteiger partial charge in [-0.15, -0.1) is 0 Å². The third-order valence-electron chi connectivity index (χ3n) is 7.97. The van der Waals surface area contributed by atoms with Crippen molar-refractivity contribution >= 4 is 27.5 Å². The summed E-state index contributed by atoms with van der Waals surface area (Å²) in [6, 6.07) is 24.0. The van der Waals surface area contributed by atoms with Gasteiger partial charge in [0, 0.05) is 19.0 Å². The number of carbonyl (C=O) groups is 2. The van der Waals surface area contributed by atoms with Crippen molar-refractivity contribution in [3.05, 3.63) is 101 Å². The van der Waals surface area contributed by atoms with E-state index >= 15 is 0 Å². The van der Waals surface area contributed by atoms with Gasteiger partial charge in [0.05, 0.1) is 11.9 Å². The maximum absolute atomic E-state index is 14.3. The van der Waals surface area contributed by atoms with Crippen LogP contribution < -0.4 is 9.62 Å². The lowest BCUT2D eigenvalue weighted by Crippen LogP contribution is -2.55. The van der Waals surface area contributed by atoms with E-state index in [1.807, 2.05) is 80.6 Å². The predicted molar refractivity (Wildman–Crippen MR) is 169 cm³/mol. The van der Waals surface area contributed by atoms with Crippen LogP contribution in [-0.4, -0.2) is 50.0 Å². The fourth-order valence-corrected chi connectivity index (χ4v) is 6.47. The molecule has 3 aromatic rings. The smallest absolute Gasteiger partial charge is 0.244 e. The van der Waals surface area contributed by atoms with Crippen LogP contribution in [0.5, 0.6) is 0 Å². The number of hydrogen-bond donors (Lipinski definition) is 1. The Morgan fingerprint density at radius 2 is 1.55 bits per heavy atom. The summed E-state index contributed by atoms with van der Waals surface area (Å²) < 4.78 is 27.1. The lowest BCUT2D eigenvalue weighted by molar-refractivity contribution is -0.140. The number of amides is 2. The van der Waals surface area contributed by atoms with Gasteiger partial charge in [0.2, 0.25) is 21.8 Å². The largest absolute Gasteiger partial charge is 0.352 e. The van der Waals surface area contributed by atoms with Crippen LogP contribution in [0.2, 0.25) is 0 Å². The number of sulfonamides is 1. The number of hydrogen-bond acceptors (Lipinski definition) is 4. The molecule has 1 aliphatic rings. The van der Waals surface area contributed by atoms with Crippen LogP contribution in [0.3, 0.4) is 0 Å². The first-order chi connectivity index (χ1) is 20.1. The topological polar surface area (TPSA) is 86.8 Å². The summed E-state index contributed by atoms with van der Waals surface area (Å²) in [6.07, 6.45) is 7.40. The van der Waals surface area contributed by atoms with E-state index in [9.17, 15) is 18.0 Å². The molecule has 1 fully saturated rings. The van der Waals surface area contributed by atoms with Crippen LogP contribution in [0.4, 0.5) is 5.69 Å². The molecular formula is C34H43N3O4S. The van der Waals surface area contributed by atoms with E-state index in [1.54, 1.807) is 17.0 Å². The summed E-state index contributed by atoms with van der Waals surface area (Å²) in [4.78, 5) is 29.8. The van der Waals surface area contributed by atoms with Crippen LogP contribution in [0.25, 0.3) is 0 Å². The molecule has 0 aliphatic heterocycles. The molecule has 8 heteroatoms. The van der Waals surface area contributed by atoms with E-state index in [4.69, 9.17) is 0 Å². The molecule has 224 valence electrons. The molecule has 0 saturated heterocycles. The Labute approximate surface area is 251 Å². The highest BCUT2D eigenvalue weighted by molar-refractivity contribution is 7.92. The molecule has 1 saturated carbocycles. The summed E-state index contributed by atoms with van der Waals surface area (Å²) >= 11 is 0. The highest BCUT2D eigenvalue weighted by Crippen LogP contribution is 2.23. The Morgan fingerprint density at radius 1 is 0.881 bits per heavy atom. The molecule has 2 amide bonds. The van der Waals surface area contributed by atoms with E-state index in [-0.39, 0.29) is 18.5 Å². The Bertz CT molecular complexity index is 1440. The van der Waals surface area contributed by atoms with Gasteiger partial charge >= 0.3 is 0 Å². The zero-order chi connectivity index (χ0) is 30.1. The summed E-state index contributed by atoms with van der Waals surface area (Å²) in [6.45, 7) is 3.79. The number of nitrogens with zero attached hydrogens (tertiary/aromatic N) is 2. The number of carbonyl (C=O) groups excluding carboxylic acids is 2. The zero-order valence-corrected chi connectivity index (χ0v) is 25.8. The quantitative estimate of drug-likeness (QED) is 0.306. The van der Waals surface area contributed by atoms with Crippen molar-refractivity contribution < 1.29 is 18.0 Å². The Balaban J connectivity index is 1.71. The molecule has 7 nitrogen and oxygen atoms in total. The molecule has 1 aliphatic carbocycles. The van der Waals surface area contributed by atoms with Gasteiger partial charge in [0.15, 0.2) is 0 Å². The summed E-state index contributed by atoms with van der Waals surface area (Å²) in [7, 11) is -3.79. The van der Waals surface area contributed by atoms with E-state index in [2.05, 4.69) is 5.32 Å². The minimum absolute atomic E-state index is 0.0741. The predicted octanol–water partition coefficient (Wildman–Crippen LogP) is 5.41. The van der Waals surface area contributed by atoms with Crippen LogP contribution in [0.1, 0.15) is 61.3 Å². The van der Waals surface area contributed by atoms with Crippen molar-refractivity contribution in [2.24, 2.45) is 0 Å². The average Bonchev–Trinajstić information content (AvgIpc) is 2.98. The number of nitrogens with one attached hydrogen (secondary N) is 1.